The van der Waals surface area contributed by atoms with Crippen molar-refractivity contribution in [2.24, 2.45) is 5.84 Å². The van der Waals surface area contributed by atoms with Crippen LogP contribution in [-0.4, -0.2) is 10.5 Å². The number of hydrazine groups is 1. The van der Waals surface area contributed by atoms with Crippen molar-refractivity contribution in [2.75, 3.05) is 0 Å². The third-order valence-corrected chi connectivity index (χ3v) is 4.06. The largest absolute Gasteiger partial charge is 0.343 e. The number of nitrogens with zero attached hydrogens (tertiary/aromatic N) is 1. The van der Waals surface area contributed by atoms with E-state index >= 15 is 0 Å². The van der Waals surface area contributed by atoms with Gasteiger partial charge in [0.15, 0.2) is 0 Å². The number of rotatable bonds is 3. The lowest BCUT2D eigenvalue weighted by Gasteiger charge is -2.06. The Bertz CT molecular complexity index is 729. The Morgan fingerprint density at radius 2 is 2.11 bits per heavy atom. The van der Waals surface area contributed by atoms with E-state index in [1.165, 1.54) is 16.7 Å². The second kappa shape index (κ2) is 4.87. The number of fused-ring (bicyclic) bond motifs is 1. The fourth-order valence-corrected chi connectivity index (χ4v) is 3.01. The molecule has 0 aliphatic carbocycles. The third kappa shape index (κ3) is 2.14. The molecule has 0 radical (unpaired) electrons. The minimum Gasteiger partial charge on any atom is -0.343 e. The topological polar surface area (TPSA) is 60.0 Å². The number of hydrogen-bond donors (Lipinski definition) is 2. The van der Waals surface area contributed by atoms with Crippen molar-refractivity contribution < 1.29 is 4.79 Å². The Kier molecular flexibility index (Phi) is 3.06. The average molecular weight is 271 g/mol. The Balaban J connectivity index is 1.98. The van der Waals surface area contributed by atoms with Crippen molar-refractivity contribution in [1.29, 1.82) is 0 Å². The molecule has 0 unspecified atom stereocenters. The number of carbonyl (C=O) groups excluding carboxylic acids is 1. The first-order valence-electron chi connectivity index (χ1n) is 5.91. The monoisotopic (exact) mass is 271 g/mol. The third-order valence-electron chi connectivity index (χ3n) is 3.11. The van der Waals surface area contributed by atoms with Gasteiger partial charge in [0.05, 0.1) is 4.88 Å². The van der Waals surface area contributed by atoms with Crippen LogP contribution in [-0.2, 0) is 6.54 Å². The predicted molar refractivity (Wildman–Crippen MR) is 77.0 cm³/mol. The molecule has 96 valence electrons. The summed E-state index contributed by atoms with van der Waals surface area (Å²) in [7, 11) is 0. The molecule has 19 heavy (non-hydrogen) atoms. The quantitative estimate of drug-likeness (QED) is 0.436. The highest BCUT2D eigenvalue weighted by molar-refractivity contribution is 7.12. The molecule has 2 heterocycles. The van der Waals surface area contributed by atoms with E-state index in [2.05, 4.69) is 28.2 Å². The number of benzene rings is 1. The van der Waals surface area contributed by atoms with Crippen LogP contribution in [0, 0.1) is 0 Å². The van der Waals surface area contributed by atoms with Crippen molar-refractivity contribution in [3.05, 3.63) is 58.4 Å². The van der Waals surface area contributed by atoms with Gasteiger partial charge in [0.2, 0.25) is 0 Å². The fourth-order valence-electron chi connectivity index (χ4n) is 2.19. The highest BCUT2D eigenvalue weighted by Crippen LogP contribution is 2.21. The number of nitrogens with one attached hydrogen (secondary N) is 1. The number of thiophene rings is 1. The maximum absolute atomic E-state index is 11.7. The van der Waals surface area contributed by atoms with E-state index in [4.69, 9.17) is 5.84 Å². The van der Waals surface area contributed by atoms with E-state index in [1.807, 2.05) is 29.8 Å². The summed E-state index contributed by atoms with van der Waals surface area (Å²) >= 11 is 1.40. The number of nitrogen functional groups attached to an aromatic ring is 1. The van der Waals surface area contributed by atoms with Gasteiger partial charge >= 0.3 is 0 Å². The maximum atomic E-state index is 11.7. The lowest BCUT2D eigenvalue weighted by molar-refractivity contribution is 0.0957. The van der Waals surface area contributed by atoms with Crippen LogP contribution >= 0.6 is 11.3 Å². The van der Waals surface area contributed by atoms with E-state index in [0.29, 0.717) is 11.4 Å². The first-order valence-corrected chi connectivity index (χ1v) is 6.79. The van der Waals surface area contributed by atoms with Crippen molar-refractivity contribution in [3.8, 4) is 0 Å². The van der Waals surface area contributed by atoms with Gasteiger partial charge in [-0.15, -0.1) is 11.3 Å². The highest BCUT2D eigenvalue weighted by Gasteiger charge is 2.12. The van der Waals surface area contributed by atoms with Crippen molar-refractivity contribution in [3.63, 3.8) is 0 Å². The predicted octanol–water partition coefficient (Wildman–Crippen LogP) is 2.35. The summed E-state index contributed by atoms with van der Waals surface area (Å²) in [4.78, 5) is 12.3. The van der Waals surface area contributed by atoms with Gasteiger partial charge in [-0.1, -0.05) is 18.2 Å². The summed E-state index contributed by atoms with van der Waals surface area (Å²) in [5.74, 6) is 4.96. The van der Waals surface area contributed by atoms with Gasteiger partial charge in [0.25, 0.3) is 5.91 Å². The molecular weight excluding hydrogens is 258 g/mol. The van der Waals surface area contributed by atoms with Crippen molar-refractivity contribution in [1.82, 2.24) is 9.99 Å². The van der Waals surface area contributed by atoms with Crippen LogP contribution in [0.25, 0.3) is 10.9 Å². The van der Waals surface area contributed by atoms with E-state index < -0.39 is 0 Å². The molecule has 4 nitrogen and oxygen atoms in total. The van der Waals surface area contributed by atoms with Gasteiger partial charge in [-0.05, 0) is 34.5 Å². The maximum Gasteiger partial charge on any atom is 0.275 e. The summed E-state index contributed by atoms with van der Waals surface area (Å²) in [5.41, 5.74) is 4.33. The van der Waals surface area contributed by atoms with Gasteiger partial charge in [-0.25, -0.2) is 5.84 Å². The van der Waals surface area contributed by atoms with Crippen molar-refractivity contribution >= 4 is 28.1 Å². The summed E-state index contributed by atoms with van der Waals surface area (Å²) in [5, 5.41) is 3.11. The molecule has 2 aromatic heterocycles. The summed E-state index contributed by atoms with van der Waals surface area (Å²) in [6.45, 7) is 0.666. The average Bonchev–Trinajstić information content (AvgIpc) is 3.06. The van der Waals surface area contributed by atoms with E-state index in [-0.39, 0.29) is 5.91 Å². The van der Waals surface area contributed by atoms with Crippen LogP contribution in [0.5, 0.6) is 0 Å². The Morgan fingerprint density at radius 3 is 2.95 bits per heavy atom. The number of amides is 1. The normalized spacial score (nSPS) is 10.8. The number of nitrogens with two attached hydrogens (primary N) is 1. The van der Waals surface area contributed by atoms with Gasteiger partial charge in [0, 0.05) is 18.3 Å². The zero-order valence-electron chi connectivity index (χ0n) is 10.2. The van der Waals surface area contributed by atoms with Crippen LogP contribution in [0.3, 0.4) is 0 Å². The Hall–Kier alpha value is -2.11. The number of para-hydroxylation sites is 1. The lowest BCUT2D eigenvalue weighted by atomic mass is 10.2. The first kappa shape index (κ1) is 12.0. The Morgan fingerprint density at radius 1 is 1.26 bits per heavy atom. The Labute approximate surface area is 114 Å². The minimum absolute atomic E-state index is 0.235. The van der Waals surface area contributed by atoms with Crippen LogP contribution in [0.1, 0.15) is 15.2 Å². The van der Waals surface area contributed by atoms with Crippen LogP contribution in [0.2, 0.25) is 0 Å². The summed E-state index contributed by atoms with van der Waals surface area (Å²) < 4.78 is 2.13. The van der Waals surface area contributed by atoms with Crippen LogP contribution in [0.15, 0.2) is 48.0 Å². The van der Waals surface area contributed by atoms with Crippen LogP contribution in [0.4, 0.5) is 0 Å². The summed E-state index contributed by atoms with van der Waals surface area (Å²) in [6.07, 6.45) is 2.03. The smallest absolute Gasteiger partial charge is 0.275 e. The zero-order chi connectivity index (χ0) is 13.2. The molecule has 0 saturated heterocycles. The molecule has 5 heteroatoms. The molecule has 0 atom stereocenters. The molecule has 0 aliphatic heterocycles. The van der Waals surface area contributed by atoms with E-state index in [9.17, 15) is 4.79 Å². The highest BCUT2D eigenvalue weighted by atomic mass is 32.1. The second-order valence-corrected chi connectivity index (χ2v) is 5.17. The fraction of sp³-hybridized carbons (Fsp3) is 0.0714. The molecule has 0 saturated carbocycles. The molecule has 3 rings (SSSR count). The molecular formula is C14H13N3OS. The second-order valence-electron chi connectivity index (χ2n) is 4.25. The number of carbonyl (C=O) groups is 1. The van der Waals surface area contributed by atoms with Crippen LogP contribution < -0.4 is 11.3 Å². The zero-order valence-corrected chi connectivity index (χ0v) is 11.0. The lowest BCUT2D eigenvalue weighted by Crippen LogP contribution is -2.30. The van der Waals surface area contributed by atoms with Gasteiger partial charge in [-0.2, -0.15) is 0 Å². The number of aromatic nitrogens is 1. The van der Waals surface area contributed by atoms with Crippen molar-refractivity contribution in [2.45, 2.75) is 6.54 Å². The molecule has 1 aromatic carbocycles. The molecule has 3 N–H and O–H groups in total. The van der Waals surface area contributed by atoms with Gasteiger partial charge in [0.1, 0.15) is 0 Å². The molecule has 0 aliphatic rings. The van der Waals surface area contributed by atoms with Gasteiger partial charge in [-0.3, -0.25) is 10.2 Å². The minimum atomic E-state index is -0.235. The molecule has 1 amide bonds. The van der Waals surface area contributed by atoms with E-state index in [0.717, 1.165) is 11.1 Å². The molecule has 0 spiro atoms. The van der Waals surface area contributed by atoms with Gasteiger partial charge < -0.3 is 4.57 Å². The van der Waals surface area contributed by atoms with E-state index in [1.54, 1.807) is 0 Å². The SMILES string of the molecule is NNC(=O)c1sccc1Cn1ccc2ccccc21. The molecule has 0 bridgehead atoms. The standard InChI is InChI=1S/C14H13N3OS/c15-16-14(18)13-11(6-8-19-13)9-17-7-5-10-3-1-2-4-12(10)17/h1-8H,9,15H2,(H,16,18). The summed E-state index contributed by atoms with van der Waals surface area (Å²) in [6, 6.07) is 12.2. The molecule has 0 fully saturated rings. The molecule has 3 aromatic rings. The first-order chi connectivity index (χ1) is 9.29. The number of hydrogen-bond acceptors (Lipinski definition) is 3.